The minimum Gasteiger partial charge on any atom is -0.494 e. The maximum absolute atomic E-state index is 5.64. The van der Waals surface area contributed by atoms with Crippen LogP contribution in [0.5, 0.6) is 5.75 Å². The monoisotopic (exact) mass is 251 g/mol. The van der Waals surface area contributed by atoms with E-state index in [0.717, 1.165) is 12.2 Å². The summed E-state index contributed by atoms with van der Waals surface area (Å²) in [6.45, 7) is 3.34. The molecule has 92 valence electrons. The van der Waals surface area contributed by atoms with Crippen LogP contribution in [0.25, 0.3) is 10.8 Å². The highest BCUT2D eigenvalue weighted by molar-refractivity contribution is 5.85. The lowest BCUT2D eigenvalue weighted by Gasteiger charge is -2.11. The molecule has 0 amide bonds. The van der Waals surface area contributed by atoms with E-state index in [2.05, 4.69) is 30.3 Å². The number of fused-ring (bicyclic) bond motifs is 1. The molecule has 0 radical (unpaired) electrons. The summed E-state index contributed by atoms with van der Waals surface area (Å²) in [5, 5.41) is 2.46. The number of halogens is 1. The van der Waals surface area contributed by atoms with Crippen LogP contribution in [0.4, 0.5) is 0 Å². The fraction of sp³-hybridized carbons (Fsp3) is 0.286. The van der Waals surface area contributed by atoms with E-state index in [1.807, 2.05) is 13.0 Å². The van der Waals surface area contributed by atoms with Crippen molar-refractivity contribution in [2.24, 2.45) is 5.73 Å². The molecule has 0 spiro atoms. The summed E-state index contributed by atoms with van der Waals surface area (Å²) in [7, 11) is 0. The van der Waals surface area contributed by atoms with E-state index in [4.69, 9.17) is 10.5 Å². The Hall–Kier alpha value is -1.25. The molecule has 0 aliphatic heterocycles. The van der Waals surface area contributed by atoms with E-state index < -0.39 is 0 Å². The van der Waals surface area contributed by atoms with Crippen LogP contribution >= 0.6 is 12.4 Å². The van der Waals surface area contributed by atoms with Crippen molar-refractivity contribution in [3.8, 4) is 5.75 Å². The molecule has 0 aromatic heterocycles. The molecule has 0 fully saturated rings. The first-order chi connectivity index (χ1) is 7.85. The maximum Gasteiger partial charge on any atom is 0.123 e. The second-order valence-corrected chi connectivity index (χ2v) is 3.78. The second-order valence-electron chi connectivity index (χ2n) is 3.78. The molecule has 0 saturated heterocycles. The molecule has 2 aromatic carbocycles. The van der Waals surface area contributed by atoms with E-state index in [-0.39, 0.29) is 12.4 Å². The lowest BCUT2D eigenvalue weighted by molar-refractivity contribution is 0.337. The summed E-state index contributed by atoms with van der Waals surface area (Å²) in [4.78, 5) is 0. The molecule has 0 saturated carbocycles. The Balaban J connectivity index is 0.00000144. The number of hydrogen-bond acceptors (Lipinski definition) is 2. The molecule has 0 bridgehead atoms. The maximum atomic E-state index is 5.64. The van der Waals surface area contributed by atoms with Crippen molar-refractivity contribution in [2.45, 2.75) is 13.3 Å². The summed E-state index contributed by atoms with van der Waals surface area (Å²) in [5.74, 6) is 0.964. The van der Waals surface area contributed by atoms with Gasteiger partial charge in [-0.15, -0.1) is 12.4 Å². The van der Waals surface area contributed by atoms with Gasteiger partial charge >= 0.3 is 0 Å². The fourth-order valence-electron chi connectivity index (χ4n) is 1.91. The van der Waals surface area contributed by atoms with Gasteiger partial charge in [0.25, 0.3) is 0 Å². The highest BCUT2D eigenvalue weighted by Gasteiger charge is 2.04. The van der Waals surface area contributed by atoms with Crippen LogP contribution in [0.3, 0.4) is 0 Å². The van der Waals surface area contributed by atoms with Crippen molar-refractivity contribution in [1.29, 1.82) is 0 Å². The van der Waals surface area contributed by atoms with Gasteiger partial charge in [0.15, 0.2) is 0 Å². The minimum absolute atomic E-state index is 0. The van der Waals surface area contributed by atoms with Crippen LogP contribution in [0.1, 0.15) is 12.5 Å². The Morgan fingerprint density at radius 1 is 1.12 bits per heavy atom. The average molecular weight is 252 g/mol. The van der Waals surface area contributed by atoms with Crippen molar-refractivity contribution in [2.75, 3.05) is 13.2 Å². The zero-order valence-corrected chi connectivity index (χ0v) is 10.8. The van der Waals surface area contributed by atoms with Crippen LogP contribution in [-0.2, 0) is 6.42 Å². The summed E-state index contributed by atoms with van der Waals surface area (Å²) < 4.78 is 5.64. The van der Waals surface area contributed by atoms with Crippen molar-refractivity contribution in [3.05, 3.63) is 42.0 Å². The topological polar surface area (TPSA) is 35.2 Å². The zero-order chi connectivity index (χ0) is 11.4. The van der Waals surface area contributed by atoms with Gasteiger partial charge in [-0.3, -0.25) is 0 Å². The van der Waals surface area contributed by atoms with Gasteiger partial charge < -0.3 is 10.5 Å². The molecule has 0 aliphatic rings. The second kappa shape index (κ2) is 6.48. The molecule has 17 heavy (non-hydrogen) atoms. The minimum atomic E-state index is 0. The molecule has 0 aliphatic carbocycles. The SMILES string of the molecule is CCOc1cc2ccccc2cc1CCN.Cl. The molecule has 2 aromatic rings. The Labute approximate surface area is 108 Å². The predicted octanol–water partition coefficient (Wildman–Crippen LogP) is 3.16. The predicted molar refractivity (Wildman–Crippen MR) is 75.1 cm³/mol. The highest BCUT2D eigenvalue weighted by atomic mass is 35.5. The van der Waals surface area contributed by atoms with Crippen LogP contribution < -0.4 is 10.5 Å². The quantitative estimate of drug-likeness (QED) is 0.906. The first-order valence-corrected chi connectivity index (χ1v) is 5.69. The van der Waals surface area contributed by atoms with Crippen LogP contribution in [0.15, 0.2) is 36.4 Å². The Morgan fingerprint density at radius 3 is 2.35 bits per heavy atom. The lowest BCUT2D eigenvalue weighted by atomic mass is 10.0. The van der Waals surface area contributed by atoms with E-state index in [0.29, 0.717) is 13.2 Å². The number of rotatable bonds is 4. The van der Waals surface area contributed by atoms with Crippen molar-refractivity contribution < 1.29 is 4.74 Å². The number of ether oxygens (including phenoxy) is 1. The number of hydrogen-bond donors (Lipinski definition) is 1. The molecule has 0 atom stereocenters. The Kier molecular flexibility index (Phi) is 5.26. The number of nitrogens with two attached hydrogens (primary N) is 1. The standard InChI is InChI=1S/C14H17NO.ClH/c1-2-16-14-10-12-6-4-3-5-11(12)9-13(14)7-8-15;/h3-6,9-10H,2,7-8,15H2,1H3;1H. The van der Waals surface area contributed by atoms with Gasteiger partial charge in [-0.05, 0) is 48.4 Å². The van der Waals surface area contributed by atoms with Crippen LogP contribution in [-0.4, -0.2) is 13.2 Å². The molecule has 0 unspecified atom stereocenters. The van der Waals surface area contributed by atoms with Gasteiger partial charge in [0.1, 0.15) is 5.75 Å². The van der Waals surface area contributed by atoms with Gasteiger partial charge in [-0.2, -0.15) is 0 Å². The van der Waals surface area contributed by atoms with Crippen LogP contribution in [0, 0.1) is 0 Å². The summed E-state index contributed by atoms with van der Waals surface area (Å²) >= 11 is 0. The Morgan fingerprint density at radius 2 is 1.76 bits per heavy atom. The van der Waals surface area contributed by atoms with Crippen molar-refractivity contribution in [3.63, 3.8) is 0 Å². The van der Waals surface area contributed by atoms with E-state index in [1.165, 1.54) is 16.3 Å². The first-order valence-electron chi connectivity index (χ1n) is 5.69. The van der Waals surface area contributed by atoms with E-state index in [9.17, 15) is 0 Å². The average Bonchev–Trinajstić information content (AvgIpc) is 2.30. The third-order valence-corrected chi connectivity index (χ3v) is 2.64. The third-order valence-electron chi connectivity index (χ3n) is 2.64. The van der Waals surface area contributed by atoms with Crippen molar-refractivity contribution in [1.82, 2.24) is 0 Å². The third kappa shape index (κ3) is 3.11. The molecular weight excluding hydrogens is 234 g/mol. The normalized spacial score (nSPS) is 10.0. The van der Waals surface area contributed by atoms with Gasteiger partial charge in [0.2, 0.25) is 0 Å². The lowest BCUT2D eigenvalue weighted by Crippen LogP contribution is -2.05. The molecule has 3 heteroatoms. The summed E-state index contributed by atoms with van der Waals surface area (Å²) in [5.41, 5.74) is 6.81. The van der Waals surface area contributed by atoms with E-state index in [1.54, 1.807) is 0 Å². The molecular formula is C14H18ClNO. The molecule has 2 rings (SSSR count). The van der Waals surface area contributed by atoms with Crippen molar-refractivity contribution >= 4 is 23.2 Å². The fourth-order valence-corrected chi connectivity index (χ4v) is 1.91. The number of benzene rings is 2. The first kappa shape index (κ1) is 13.8. The largest absolute Gasteiger partial charge is 0.494 e. The van der Waals surface area contributed by atoms with Gasteiger partial charge in [0, 0.05) is 0 Å². The highest BCUT2D eigenvalue weighted by Crippen LogP contribution is 2.26. The zero-order valence-electron chi connectivity index (χ0n) is 9.98. The molecule has 0 heterocycles. The van der Waals surface area contributed by atoms with Gasteiger partial charge in [-0.1, -0.05) is 24.3 Å². The smallest absolute Gasteiger partial charge is 0.123 e. The van der Waals surface area contributed by atoms with E-state index >= 15 is 0 Å². The summed E-state index contributed by atoms with van der Waals surface area (Å²) in [6.07, 6.45) is 0.861. The van der Waals surface area contributed by atoms with Crippen LogP contribution in [0.2, 0.25) is 0 Å². The van der Waals surface area contributed by atoms with Gasteiger partial charge in [0.05, 0.1) is 6.61 Å². The Bertz CT molecular complexity index is 440. The molecule has 2 N–H and O–H groups in total. The summed E-state index contributed by atoms with van der Waals surface area (Å²) in [6, 6.07) is 12.6. The molecule has 2 nitrogen and oxygen atoms in total. The van der Waals surface area contributed by atoms with Gasteiger partial charge in [-0.25, -0.2) is 0 Å².